The Morgan fingerprint density at radius 1 is 1.67 bits per heavy atom. The largest absolute Gasteiger partial charge is 0.314 e. The van der Waals surface area contributed by atoms with Crippen molar-refractivity contribution in [2.45, 2.75) is 4.90 Å². The molecule has 3 heteroatoms. The van der Waals surface area contributed by atoms with Gasteiger partial charge >= 0.3 is 0 Å². The monoisotopic (exact) mass is 141 g/mol. The Balaban J connectivity index is 2.61. The third-order valence-corrected chi connectivity index (χ3v) is 1.41. The SMILES string of the molecule is COSc1cccnc1. The first-order chi connectivity index (χ1) is 4.43. The predicted molar refractivity (Wildman–Crippen MR) is 37.1 cm³/mol. The second-order valence-corrected chi connectivity index (χ2v) is 2.41. The number of hydrogen-bond donors (Lipinski definition) is 0. The summed E-state index contributed by atoms with van der Waals surface area (Å²) >= 11 is 1.31. The minimum absolute atomic E-state index is 1.03. The molecule has 1 aromatic rings. The van der Waals surface area contributed by atoms with Crippen molar-refractivity contribution in [3.05, 3.63) is 24.5 Å². The van der Waals surface area contributed by atoms with Gasteiger partial charge < -0.3 is 4.18 Å². The molecule has 0 aliphatic heterocycles. The van der Waals surface area contributed by atoms with Crippen molar-refractivity contribution in [2.24, 2.45) is 0 Å². The van der Waals surface area contributed by atoms with E-state index in [0.29, 0.717) is 0 Å². The molecule has 0 bridgehead atoms. The van der Waals surface area contributed by atoms with E-state index in [1.165, 1.54) is 12.0 Å². The summed E-state index contributed by atoms with van der Waals surface area (Å²) in [6.07, 6.45) is 3.49. The molecule has 0 atom stereocenters. The minimum Gasteiger partial charge on any atom is -0.314 e. The van der Waals surface area contributed by atoms with Gasteiger partial charge in [-0.05, 0) is 12.1 Å². The summed E-state index contributed by atoms with van der Waals surface area (Å²) in [5, 5.41) is 0. The van der Waals surface area contributed by atoms with Crippen molar-refractivity contribution in [1.82, 2.24) is 4.98 Å². The zero-order valence-corrected chi connectivity index (χ0v) is 5.89. The molecule has 48 valence electrons. The van der Waals surface area contributed by atoms with E-state index in [1.54, 1.807) is 19.5 Å². The van der Waals surface area contributed by atoms with E-state index in [2.05, 4.69) is 4.98 Å². The van der Waals surface area contributed by atoms with Gasteiger partial charge in [0, 0.05) is 24.4 Å². The number of hydrogen-bond acceptors (Lipinski definition) is 3. The topological polar surface area (TPSA) is 22.1 Å². The summed E-state index contributed by atoms with van der Waals surface area (Å²) in [5.74, 6) is 0. The molecular weight excluding hydrogens is 134 g/mol. The normalized spacial score (nSPS) is 9.44. The molecule has 0 saturated carbocycles. The van der Waals surface area contributed by atoms with Crippen LogP contribution in [0.1, 0.15) is 0 Å². The Labute approximate surface area is 58.5 Å². The highest BCUT2D eigenvalue weighted by Crippen LogP contribution is 2.14. The molecule has 1 heterocycles. The molecule has 0 fully saturated rings. The lowest BCUT2D eigenvalue weighted by Gasteiger charge is -1.92. The number of rotatable bonds is 2. The van der Waals surface area contributed by atoms with Crippen LogP contribution in [0.3, 0.4) is 0 Å². The van der Waals surface area contributed by atoms with Crippen LogP contribution >= 0.6 is 12.0 Å². The van der Waals surface area contributed by atoms with Crippen LogP contribution < -0.4 is 0 Å². The lowest BCUT2D eigenvalue weighted by atomic mass is 10.5. The van der Waals surface area contributed by atoms with Crippen LogP contribution in [0.4, 0.5) is 0 Å². The van der Waals surface area contributed by atoms with E-state index >= 15 is 0 Å². The quantitative estimate of drug-likeness (QED) is 0.585. The molecule has 9 heavy (non-hydrogen) atoms. The summed E-state index contributed by atoms with van der Waals surface area (Å²) in [6.45, 7) is 0. The highest BCUT2D eigenvalue weighted by molar-refractivity contribution is 7.94. The molecule has 0 spiro atoms. The van der Waals surface area contributed by atoms with Gasteiger partial charge in [-0.15, -0.1) is 0 Å². The first kappa shape index (κ1) is 6.58. The van der Waals surface area contributed by atoms with E-state index in [0.717, 1.165) is 4.90 Å². The fourth-order valence-electron chi connectivity index (χ4n) is 0.493. The lowest BCUT2D eigenvalue weighted by Crippen LogP contribution is -1.72. The summed E-state index contributed by atoms with van der Waals surface area (Å²) in [5.41, 5.74) is 0. The van der Waals surface area contributed by atoms with E-state index in [9.17, 15) is 0 Å². The average Bonchev–Trinajstić information content (AvgIpc) is 1.91. The maximum Gasteiger partial charge on any atom is 0.0536 e. The van der Waals surface area contributed by atoms with Crippen molar-refractivity contribution in [3.8, 4) is 0 Å². The average molecular weight is 141 g/mol. The second kappa shape index (κ2) is 3.48. The maximum absolute atomic E-state index is 4.80. The van der Waals surface area contributed by atoms with E-state index in [-0.39, 0.29) is 0 Å². The Morgan fingerprint density at radius 2 is 2.56 bits per heavy atom. The standard InChI is InChI=1S/C6H7NOS/c1-8-9-6-3-2-4-7-5-6/h2-5H,1H3. The van der Waals surface area contributed by atoms with Crippen LogP contribution in [0.2, 0.25) is 0 Å². The molecule has 0 aliphatic carbocycles. The van der Waals surface area contributed by atoms with Crippen molar-refractivity contribution in [3.63, 3.8) is 0 Å². The zero-order chi connectivity index (χ0) is 6.53. The molecule has 1 rings (SSSR count). The summed E-state index contributed by atoms with van der Waals surface area (Å²) in [7, 11) is 1.64. The third-order valence-electron chi connectivity index (χ3n) is 0.814. The van der Waals surface area contributed by atoms with Crippen molar-refractivity contribution < 1.29 is 4.18 Å². The van der Waals surface area contributed by atoms with Crippen LogP contribution in [-0.4, -0.2) is 12.1 Å². The smallest absolute Gasteiger partial charge is 0.0536 e. The predicted octanol–water partition coefficient (Wildman–Crippen LogP) is 1.74. The van der Waals surface area contributed by atoms with Crippen LogP contribution in [-0.2, 0) is 4.18 Å². The summed E-state index contributed by atoms with van der Waals surface area (Å²) in [6, 6.07) is 3.82. The van der Waals surface area contributed by atoms with Gasteiger partial charge in [0.1, 0.15) is 0 Å². The summed E-state index contributed by atoms with van der Waals surface area (Å²) < 4.78 is 4.80. The molecule has 0 radical (unpaired) electrons. The van der Waals surface area contributed by atoms with Crippen LogP contribution in [0.5, 0.6) is 0 Å². The highest BCUT2D eigenvalue weighted by Gasteiger charge is 1.87. The Kier molecular flexibility index (Phi) is 2.54. The molecule has 0 N–H and O–H groups in total. The van der Waals surface area contributed by atoms with Gasteiger partial charge in [-0.25, -0.2) is 0 Å². The number of aromatic nitrogens is 1. The molecule has 0 unspecified atom stereocenters. The van der Waals surface area contributed by atoms with Gasteiger partial charge in [0.2, 0.25) is 0 Å². The molecule has 0 amide bonds. The van der Waals surface area contributed by atoms with Gasteiger partial charge in [-0.3, -0.25) is 4.98 Å². The van der Waals surface area contributed by atoms with Crippen LogP contribution in [0, 0.1) is 0 Å². The Hall–Kier alpha value is -0.540. The third kappa shape index (κ3) is 2.03. The van der Waals surface area contributed by atoms with E-state index in [1.807, 2.05) is 12.1 Å². The van der Waals surface area contributed by atoms with Gasteiger partial charge in [0.25, 0.3) is 0 Å². The molecule has 2 nitrogen and oxygen atoms in total. The number of nitrogens with zero attached hydrogens (tertiary/aromatic N) is 1. The van der Waals surface area contributed by atoms with E-state index in [4.69, 9.17) is 4.18 Å². The zero-order valence-electron chi connectivity index (χ0n) is 5.07. The lowest BCUT2D eigenvalue weighted by molar-refractivity contribution is 0.489. The first-order valence-corrected chi connectivity index (χ1v) is 3.28. The molecule has 0 aliphatic rings. The highest BCUT2D eigenvalue weighted by atomic mass is 32.2. The van der Waals surface area contributed by atoms with Gasteiger partial charge in [0.15, 0.2) is 0 Å². The van der Waals surface area contributed by atoms with Crippen LogP contribution in [0.15, 0.2) is 29.4 Å². The summed E-state index contributed by atoms with van der Waals surface area (Å²) in [4.78, 5) is 4.93. The van der Waals surface area contributed by atoms with Crippen molar-refractivity contribution in [1.29, 1.82) is 0 Å². The van der Waals surface area contributed by atoms with Crippen LogP contribution in [0.25, 0.3) is 0 Å². The molecule has 0 saturated heterocycles. The van der Waals surface area contributed by atoms with Gasteiger partial charge in [-0.2, -0.15) is 0 Å². The Morgan fingerprint density at radius 3 is 3.11 bits per heavy atom. The Bertz CT molecular complexity index is 166. The molecule has 1 aromatic heterocycles. The molecule has 0 aromatic carbocycles. The fourth-order valence-corrected chi connectivity index (χ4v) is 0.923. The van der Waals surface area contributed by atoms with Crippen molar-refractivity contribution in [2.75, 3.05) is 7.11 Å². The fraction of sp³-hybridized carbons (Fsp3) is 0.167. The van der Waals surface area contributed by atoms with E-state index < -0.39 is 0 Å². The van der Waals surface area contributed by atoms with Gasteiger partial charge in [0.05, 0.1) is 12.0 Å². The van der Waals surface area contributed by atoms with Crippen molar-refractivity contribution >= 4 is 12.0 Å². The maximum atomic E-state index is 4.80. The number of pyridine rings is 1. The first-order valence-electron chi connectivity index (χ1n) is 2.54. The minimum atomic E-state index is 1.03. The second-order valence-electron chi connectivity index (χ2n) is 1.44. The van der Waals surface area contributed by atoms with Gasteiger partial charge in [-0.1, -0.05) is 0 Å². The molecular formula is C6H7NOS.